The van der Waals surface area contributed by atoms with Crippen LogP contribution in [0.4, 0.5) is 17.1 Å². The molecule has 7 heteroatoms. The highest BCUT2D eigenvalue weighted by Gasteiger charge is 2.25. The molecular formula is C28H40N4O3. The molecule has 0 unspecified atom stereocenters. The van der Waals surface area contributed by atoms with E-state index in [2.05, 4.69) is 21.2 Å². The van der Waals surface area contributed by atoms with Gasteiger partial charge in [-0.2, -0.15) is 0 Å². The summed E-state index contributed by atoms with van der Waals surface area (Å²) < 4.78 is 5.55. The average Bonchev–Trinajstić information content (AvgIpc) is 2.83. The molecule has 1 aliphatic rings. The number of rotatable bonds is 8. The van der Waals surface area contributed by atoms with Gasteiger partial charge in [0.05, 0.1) is 18.4 Å². The number of hydrogen-bond donors (Lipinski definition) is 1. The van der Waals surface area contributed by atoms with Crippen molar-refractivity contribution < 1.29 is 14.3 Å². The lowest BCUT2D eigenvalue weighted by Gasteiger charge is -2.38. The summed E-state index contributed by atoms with van der Waals surface area (Å²) in [5.74, 6) is 0.815. The molecule has 2 aromatic rings. The standard InChI is InChI=1S/C28H40N4O3/c1-7-30(8-2)27(34)22-19-21(29-26(33)20-28(3,4)5)13-14-23(22)31-15-17-32(18-16-31)24-11-9-10-12-25(24)35-6/h9-14,19H,7-8,15-18,20H2,1-6H3,(H,29,33). The van der Waals surface area contributed by atoms with Crippen molar-refractivity contribution in [3.05, 3.63) is 48.0 Å². The molecule has 3 rings (SSSR count). The number of carbonyl (C=O) groups is 2. The van der Waals surface area contributed by atoms with E-state index in [1.54, 1.807) is 7.11 Å². The van der Waals surface area contributed by atoms with E-state index >= 15 is 0 Å². The lowest BCUT2D eigenvalue weighted by molar-refractivity contribution is -0.117. The Kier molecular flexibility index (Phi) is 8.65. The second kappa shape index (κ2) is 11.5. The first-order valence-corrected chi connectivity index (χ1v) is 12.5. The maximum atomic E-state index is 13.5. The quantitative estimate of drug-likeness (QED) is 0.583. The van der Waals surface area contributed by atoms with Gasteiger partial charge >= 0.3 is 0 Å². The molecule has 1 heterocycles. The first kappa shape index (κ1) is 26.4. The van der Waals surface area contributed by atoms with Crippen LogP contribution in [0.5, 0.6) is 5.75 Å². The van der Waals surface area contributed by atoms with Gasteiger partial charge in [0.1, 0.15) is 5.75 Å². The first-order chi connectivity index (χ1) is 16.7. The lowest BCUT2D eigenvalue weighted by Crippen LogP contribution is -2.47. The maximum Gasteiger partial charge on any atom is 0.256 e. The molecular weight excluding hydrogens is 440 g/mol. The van der Waals surface area contributed by atoms with Gasteiger partial charge in [-0.1, -0.05) is 32.9 Å². The molecule has 2 aromatic carbocycles. The molecule has 7 nitrogen and oxygen atoms in total. The number of nitrogens with one attached hydrogen (secondary N) is 1. The van der Waals surface area contributed by atoms with Crippen molar-refractivity contribution in [2.24, 2.45) is 5.41 Å². The molecule has 0 aromatic heterocycles. The summed E-state index contributed by atoms with van der Waals surface area (Å²) in [6.07, 6.45) is 0.416. The van der Waals surface area contributed by atoms with Gasteiger partial charge in [0, 0.05) is 57.1 Å². The van der Waals surface area contributed by atoms with Crippen LogP contribution >= 0.6 is 0 Å². The number of ether oxygens (including phenoxy) is 1. The summed E-state index contributed by atoms with van der Waals surface area (Å²) in [6.45, 7) is 14.6. The van der Waals surface area contributed by atoms with Crippen LogP contribution in [0.1, 0.15) is 51.4 Å². The van der Waals surface area contributed by atoms with E-state index < -0.39 is 0 Å². The van der Waals surface area contributed by atoms with Crippen molar-refractivity contribution in [3.8, 4) is 5.75 Å². The molecule has 1 saturated heterocycles. The first-order valence-electron chi connectivity index (χ1n) is 12.5. The summed E-state index contributed by atoms with van der Waals surface area (Å²) in [5, 5.41) is 2.99. The minimum atomic E-state index is -0.106. The van der Waals surface area contributed by atoms with Gasteiger partial charge < -0.3 is 24.8 Å². The normalized spacial score (nSPS) is 14.0. The van der Waals surface area contributed by atoms with E-state index in [4.69, 9.17) is 4.74 Å². The van der Waals surface area contributed by atoms with Crippen LogP contribution in [0.15, 0.2) is 42.5 Å². The van der Waals surface area contributed by atoms with Crippen LogP contribution in [-0.2, 0) is 4.79 Å². The topological polar surface area (TPSA) is 65.1 Å². The molecule has 1 N–H and O–H groups in total. The number of para-hydroxylation sites is 2. The Morgan fingerprint density at radius 3 is 2.11 bits per heavy atom. The lowest BCUT2D eigenvalue weighted by atomic mass is 9.92. The second-order valence-corrected chi connectivity index (χ2v) is 10.1. The second-order valence-electron chi connectivity index (χ2n) is 10.1. The van der Waals surface area contributed by atoms with Crippen molar-refractivity contribution >= 4 is 28.9 Å². The van der Waals surface area contributed by atoms with Gasteiger partial charge in [0.25, 0.3) is 5.91 Å². The summed E-state index contributed by atoms with van der Waals surface area (Å²) >= 11 is 0. The van der Waals surface area contributed by atoms with Crippen LogP contribution in [0.25, 0.3) is 0 Å². The van der Waals surface area contributed by atoms with Crippen LogP contribution in [0, 0.1) is 5.41 Å². The number of amides is 2. The van der Waals surface area contributed by atoms with Crippen molar-refractivity contribution in [2.75, 3.05) is 61.5 Å². The van der Waals surface area contributed by atoms with E-state index in [-0.39, 0.29) is 17.2 Å². The Morgan fingerprint density at radius 2 is 1.54 bits per heavy atom. The number of methoxy groups -OCH3 is 1. The van der Waals surface area contributed by atoms with E-state index in [9.17, 15) is 9.59 Å². The molecule has 2 amide bonds. The van der Waals surface area contributed by atoms with Crippen molar-refractivity contribution in [1.82, 2.24) is 4.90 Å². The summed E-state index contributed by atoms with van der Waals surface area (Å²) in [6, 6.07) is 13.8. The third-order valence-corrected chi connectivity index (χ3v) is 6.30. The molecule has 0 aliphatic carbocycles. The van der Waals surface area contributed by atoms with E-state index in [0.717, 1.165) is 43.3 Å². The smallest absolute Gasteiger partial charge is 0.256 e. The molecule has 1 fully saturated rings. The summed E-state index contributed by atoms with van der Waals surface area (Å²) in [7, 11) is 1.70. The summed E-state index contributed by atoms with van der Waals surface area (Å²) in [5.41, 5.74) is 3.19. The van der Waals surface area contributed by atoms with Gasteiger partial charge in [-0.3, -0.25) is 9.59 Å². The Labute approximate surface area is 210 Å². The van der Waals surface area contributed by atoms with Crippen LogP contribution in [0.2, 0.25) is 0 Å². The zero-order valence-corrected chi connectivity index (χ0v) is 22.1. The van der Waals surface area contributed by atoms with Crippen molar-refractivity contribution in [3.63, 3.8) is 0 Å². The fraction of sp³-hybridized carbons (Fsp3) is 0.500. The SMILES string of the molecule is CCN(CC)C(=O)c1cc(NC(=O)CC(C)(C)C)ccc1N1CCN(c2ccccc2OC)CC1. The highest BCUT2D eigenvalue weighted by molar-refractivity contribution is 6.02. The van der Waals surface area contributed by atoms with E-state index in [0.29, 0.717) is 30.8 Å². The predicted molar refractivity (Wildman–Crippen MR) is 144 cm³/mol. The van der Waals surface area contributed by atoms with Gasteiger partial charge in [0.2, 0.25) is 5.91 Å². The molecule has 0 spiro atoms. The van der Waals surface area contributed by atoms with Gasteiger partial charge in [-0.25, -0.2) is 0 Å². The van der Waals surface area contributed by atoms with Crippen molar-refractivity contribution in [2.45, 2.75) is 41.0 Å². The zero-order chi connectivity index (χ0) is 25.6. The minimum Gasteiger partial charge on any atom is -0.495 e. The van der Waals surface area contributed by atoms with Gasteiger partial charge in [0.15, 0.2) is 0 Å². The molecule has 0 bridgehead atoms. The fourth-order valence-corrected chi connectivity index (χ4v) is 4.51. The van der Waals surface area contributed by atoms with E-state index in [1.165, 1.54) is 0 Å². The number of piperazine rings is 1. The molecule has 0 saturated carbocycles. The largest absolute Gasteiger partial charge is 0.495 e. The summed E-state index contributed by atoms with van der Waals surface area (Å²) in [4.78, 5) is 32.4. The van der Waals surface area contributed by atoms with Crippen LogP contribution < -0.4 is 19.9 Å². The van der Waals surface area contributed by atoms with Crippen LogP contribution in [0.3, 0.4) is 0 Å². The number of hydrogen-bond acceptors (Lipinski definition) is 5. The highest BCUT2D eigenvalue weighted by atomic mass is 16.5. The fourth-order valence-electron chi connectivity index (χ4n) is 4.51. The number of benzene rings is 2. The Balaban J connectivity index is 1.84. The average molecular weight is 481 g/mol. The Morgan fingerprint density at radius 1 is 0.943 bits per heavy atom. The Bertz CT molecular complexity index is 1020. The molecule has 0 radical (unpaired) electrons. The van der Waals surface area contributed by atoms with Gasteiger partial charge in [-0.05, 0) is 49.6 Å². The third-order valence-electron chi connectivity index (χ3n) is 6.30. The monoisotopic (exact) mass is 480 g/mol. The zero-order valence-electron chi connectivity index (χ0n) is 22.1. The number of carbonyl (C=O) groups excluding carboxylic acids is 2. The van der Waals surface area contributed by atoms with Crippen molar-refractivity contribution in [1.29, 1.82) is 0 Å². The molecule has 1 aliphatic heterocycles. The van der Waals surface area contributed by atoms with E-state index in [1.807, 2.05) is 75.9 Å². The molecule has 0 atom stereocenters. The number of anilines is 3. The number of nitrogens with zero attached hydrogens (tertiary/aromatic N) is 3. The minimum absolute atomic E-state index is 0.0101. The maximum absolute atomic E-state index is 13.5. The van der Waals surface area contributed by atoms with Gasteiger partial charge in [-0.15, -0.1) is 0 Å². The Hall–Kier alpha value is -3.22. The molecule has 190 valence electrons. The highest BCUT2D eigenvalue weighted by Crippen LogP contribution is 2.31. The third kappa shape index (κ3) is 6.68. The molecule has 35 heavy (non-hydrogen) atoms. The predicted octanol–water partition coefficient (Wildman–Crippen LogP) is 4.88. The van der Waals surface area contributed by atoms with Crippen LogP contribution in [-0.4, -0.2) is 63.1 Å².